The van der Waals surface area contributed by atoms with E-state index in [-0.39, 0.29) is 17.7 Å². The molecule has 0 aliphatic carbocycles. The van der Waals surface area contributed by atoms with Gasteiger partial charge in [0.2, 0.25) is 0 Å². The molecule has 0 amide bonds. The Morgan fingerprint density at radius 3 is 2.33 bits per heavy atom. The largest absolute Gasteiger partial charge is 0.368 e. The summed E-state index contributed by atoms with van der Waals surface area (Å²) >= 11 is 2.20. The highest BCUT2D eigenvalue weighted by Gasteiger charge is 2.22. The molecule has 5 heteroatoms. The molecule has 0 bridgehead atoms. The lowest BCUT2D eigenvalue weighted by Gasteiger charge is -2.24. The number of hydrogen-bond acceptors (Lipinski definition) is 4. The number of nitrogens with two attached hydrogens (primary N) is 1. The SMILES string of the molecule is CC/C(=C\CC(CI)C(C)=O)C(N)C(C)C(O)O. The Bertz CT molecular complexity index is 292. The van der Waals surface area contributed by atoms with E-state index in [2.05, 4.69) is 22.6 Å². The summed E-state index contributed by atoms with van der Waals surface area (Å²) in [6, 6.07) is -0.378. The fourth-order valence-corrected chi connectivity index (χ4v) is 2.65. The van der Waals surface area contributed by atoms with Gasteiger partial charge in [-0.25, -0.2) is 0 Å². The van der Waals surface area contributed by atoms with E-state index in [4.69, 9.17) is 15.9 Å². The number of alkyl halides is 1. The molecule has 0 aliphatic rings. The molecule has 3 unspecified atom stereocenters. The molecule has 3 atom stereocenters. The van der Waals surface area contributed by atoms with E-state index in [0.717, 1.165) is 16.4 Å². The Labute approximate surface area is 123 Å². The number of aliphatic hydroxyl groups is 2. The average Bonchev–Trinajstić information content (AvgIpc) is 2.32. The second kappa shape index (κ2) is 9.01. The van der Waals surface area contributed by atoms with Crippen LogP contribution in [0.5, 0.6) is 0 Å². The Hall–Kier alpha value is 0.0200. The lowest BCUT2D eigenvalue weighted by Crippen LogP contribution is -2.37. The molecule has 0 fully saturated rings. The number of ketones is 1. The van der Waals surface area contributed by atoms with Crippen LogP contribution in [0.2, 0.25) is 0 Å². The summed E-state index contributed by atoms with van der Waals surface area (Å²) in [6.07, 6.45) is 1.99. The number of allylic oxidation sites excluding steroid dienone is 1. The number of carbonyl (C=O) groups excluding carboxylic acids is 1. The predicted molar refractivity (Wildman–Crippen MR) is 81.4 cm³/mol. The zero-order valence-corrected chi connectivity index (χ0v) is 13.4. The van der Waals surface area contributed by atoms with Crippen LogP contribution in [0.1, 0.15) is 33.6 Å². The van der Waals surface area contributed by atoms with Crippen molar-refractivity contribution >= 4 is 28.4 Å². The molecular weight excluding hydrogens is 345 g/mol. The van der Waals surface area contributed by atoms with Gasteiger partial charge in [0.1, 0.15) is 5.78 Å². The predicted octanol–water partition coefficient (Wildman–Crippen LogP) is 1.63. The van der Waals surface area contributed by atoms with Crippen LogP contribution in [-0.4, -0.2) is 32.8 Å². The van der Waals surface area contributed by atoms with Gasteiger partial charge in [-0.2, -0.15) is 0 Å². The van der Waals surface area contributed by atoms with Crippen molar-refractivity contribution in [2.75, 3.05) is 4.43 Å². The third-order valence-corrected chi connectivity index (χ3v) is 4.36. The van der Waals surface area contributed by atoms with Crippen LogP contribution in [0.4, 0.5) is 0 Å². The summed E-state index contributed by atoms with van der Waals surface area (Å²) in [7, 11) is 0. The van der Waals surface area contributed by atoms with Crippen molar-refractivity contribution in [2.24, 2.45) is 17.6 Å². The zero-order chi connectivity index (χ0) is 14.3. The van der Waals surface area contributed by atoms with Crippen molar-refractivity contribution in [3.63, 3.8) is 0 Å². The van der Waals surface area contributed by atoms with Gasteiger partial charge >= 0.3 is 0 Å². The fourth-order valence-electron chi connectivity index (χ4n) is 1.67. The molecule has 0 radical (unpaired) electrons. The Balaban J connectivity index is 4.70. The van der Waals surface area contributed by atoms with E-state index in [0.29, 0.717) is 6.42 Å². The highest BCUT2D eigenvalue weighted by atomic mass is 127. The van der Waals surface area contributed by atoms with Gasteiger partial charge in [0.15, 0.2) is 6.29 Å². The topological polar surface area (TPSA) is 83.6 Å². The maximum absolute atomic E-state index is 11.3. The van der Waals surface area contributed by atoms with Crippen LogP contribution < -0.4 is 5.73 Å². The lowest BCUT2D eigenvalue weighted by atomic mass is 9.90. The smallest absolute Gasteiger partial charge is 0.155 e. The maximum Gasteiger partial charge on any atom is 0.155 e. The quantitative estimate of drug-likeness (QED) is 0.263. The van der Waals surface area contributed by atoms with Gasteiger partial charge in [0.25, 0.3) is 0 Å². The van der Waals surface area contributed by atoms with E-state index >= 15 is 0 Å². The van der Waals surface area contributed by atoms with E-state index in [1.165, 1.54) is 0 Å². The molecule has 0 aromatic heterocycles. The van der Waals surface area contributed by atoms with E-state index in [1.54, 1.807) is 13.8 Å². The standard InChI is InChI=1S/C13H24INO3/c1-4-10(12(15)8(2)13(17)18)5-6-11(7-14)9(3)16/h5,8,11-13,17-18H,4,6-7,15H2,1-3H3/b10-5+. The van der Waals surface area contributed by atoms with Crippen molar-refractivity contribution in [1.82, 2.24) is 0 Å². The summed E-state index contributed by atoms with van der Waals surface area (Å²) in [6.45, 7) is 5.29. The van der Waals surface area contributed by atoms with Crippen LogP contribution >= 0.6 is 22.6 Å². The van der Waals surface area contributed by atoms with Gasteiger partial charge in [0, 0.05) is 22.3 Å². The second-order valence-electron chi connectivity index (χ2n) is 4.63. The van der Waals surface area contributed by atoms with Crippen LogP contribution in [-0.2, 0) is 4.79 Å². The van der Waals surface area contributed by atoms with Crippen molar-refractivity contribution < 1.29 is 15.0 Å². The Kier molecular flexibility index (Phi) is 9.02. The van der Waals surface area contributed by atoms with Gasteiger partial charge in [-0.1, -0.05) is 48.1 Å². The normalized spacial score (nSPS) is 17.7. The molecule has 0 aromatic rings. The average molecular weight is 369 g/mol. The molecule has 106 valence electrons. The van der Waals surface area contributed by atoms with Crippen molar-refractivity contribution in [3.05, 3.63) is 11.6 Å². The highest BCUT2D eigenvalue weighted by Crippen LogP contribution is 2.19. The number of Topliss-reactive ketones (excluding diaryl/α,β-unsaturated/α-hetero) is 1. The summed E-state index contributed by atoms with van der Waals surface area (Å²) in [5, 5.41) is 18.3. The minimum absolute atomic E-state index is 0.0220. The molecule has 0 aromatic carbocycles. The number of hydrogen-bond donors (Lipinski definition) is 3. The minimum atomic E-state index is -1.41. The van der Waals surface area contributed by atoms with Crippen molar-refractivity contribution in [3.8, 4) is 0 Å². The molecule has 18 heavy (non-hydrogen) atoms. The molecule has 4 N–H and O–H groups in total. The van der Waals surface area contributed by atoms with E-state index in [9.17, 15) is 4.79 Å². The Morgan fingerprint density at radius 1 is 1.44 bits per heavy atom. The minimum Gasteiger partial charge on any atom is -0.368 e. The number of rotatable bonds is 8. The van der Waals surface area contributed by atoms with E-state index in [1.807, 2.05) is 13.0 Å². The van der Waals surface area contributed by atoms with Crippen LogP contribution in [0.15, 0.2) is 11.6 Å². The third-order valence-electron chi connectivity index (χ3n) is 3.30. The molecule has 0 aliphatic heterocycles. The van der Waals surface area contributed by atoms with Gasteiger partial charge in [-0.3, -0.25) is 4.79 Å². The van der Waals surface area contributed by atoms with Crippen molar-refractivity contribution in [1.29, 1.82) is 0 Å². The molecule has 0 saturated heterocycles. The summed E-state index contributed by atoms with van der Waals surface area (Å²) < 4.78 is 0.786. The van der Waals surface area contributed by atoms with Gasteiger partial charge in [0.05, 0.1) is 0 Å². The fraction of sp³-hybridized carbons (Fsp3) is 0.769. The monoisotopic (exact) mass is 369 g/mol. The summed E-state index contributed by atoms with van der Waals surface area (Å²) in [4.78, 5) is 11.3. The van der Waals surface area contributed by atoms with Crippen LogP contribution in [0, 0.1) is 11.8 Å². The molecule has 0 heterocycles. The number of halogens is 1. The van der Waals surface area contributed by atoms with Gasteiger partial charge < -0.3 is 15.9 Å². The maximum atomic E-state index is 11.3. The first-order valence-electron chi connectivity index (χ1n) is 6.22. The number of carbonyl (C=O) groups is 1. The molecule has 0 rings (SSSR count). The highest BCUT2D eigenvalue weighted by molar-refractivity contribution is 14.1. The van der Waals surface area contributed by atoms with E-state index < -0.39 is 12.2 Å². The summed E-state index contributed by atoms with van der Waals surface area (Å²) in [5.74, 6) is -0.208. The zero-order valence-electron chi connectivity index (χ0n) is 11.3. The van der Waals surface area contributed by atoms with Crippen LogP contribution in [0.25, 0.3) is 0 Å². The van der Waals surface area contributed by atoms with Crippen LogP contribution in [0.3, 0.4) is 0 Å². The first-order chi connectivity index (χ1) is 8.34. The van der Waals surface area contributed by atoms with Gasteiger partial charge in [-0.05, 0) is 19.8 Å². The van der Waals surface area contributed by atoms with Crippen molar-refractivity contribution in [2.45, 2.75) is 45.9 Å². The molecular formula is C13H24INO3. The lowest BCUT2D eigenvalue weighted by molar-refractivity contribution is -0.119. The summed E-state index contributed by atoms with van der Waals surface area (Å²) in [5.41, 5.74) is 6.98. The first-order valence-corrected chi connectivity index (χ1v) is 7.74. The molecule has 4 nitrogen and oxygen atoms in total. The van der Waals surface area contributed by atoms with Gasteiger partial charge in [-0.15, -0.1) is 0 Å². The third kappa shape index (κ3) is 5.77. The molecule has 0 saturated carbocycles. The Morgan fingerprint density at radius 2 is 2.00 bits per heavy atom. The first kappa shape index (κ1) is 18.0. The second-order valence-corrected chi connectivity index (χ2v) is 5.51. The molecule has 0 spiro atoms. The number of aliphatic hydroxyl groups excluding tert-OH is 1.